The molecule has 2 aromatic carbocycles. The number of nitrogens with one attached hydrogen (secondary N) is 1. The van der Waals surface area contributed by atoms with Crippen molar-refractivity contribution in [3.8, 4) is 11.5 Å². The summed E-state index contributed by atoms with van der Waals surface area (Å²) < 4.78 is 11.7. The third-order valence-electron chi connectivity index (χ3n) is 3.91. The monoisotopic (exact) mass is 370 g/mol. The number of hydrogen-bond donors (Lipinski definition) is 1. The van der Waals surface area contributed by atoms with Crippen LogP contribution in [-0.2, 0) is 10.2 Å². The summed E-state index contributed by atoms with van der Waals surface area (Å²) in [6.45, 7) is 6.44. The lowest BCUT2D eigenvalue weighted by Crippen LogP contribution is -2.19. The van der Waals surface area contributed by atoms with Crippen LogP contribution in [0.15, 0.2) is 42.5 Å². The van der Waals surface area contributed by atoms with Gasteiger partial charge in [-0.15, -0.1) is 0 Å². The van der Waals surface area contributed by atoms with Gasteiger partial charge in [-0.1, -0.05) is 44.2 Å². The van der Waals surface area contributed by atoms with Crippen LogP contribution in [0.5, 0.6) is 11.5 Å². The average molecular weight is 370 g/mol. The number of benzene rings is 2. The van der Waals surface area contributed by atoms with E-state index in [2.05, 4.69) is 43.2 Å². The molecule has 5 nitrogen and oxygen atoms in total. The zero-order chi connectivity index (χ0) is 18.7. The standard InChI is InChI=1S/C20H22N2O3S/c1-20(2,3)13-8-9-16-17(10-13)26-19(21-16)22-18(23)12-25-15-7-5-6-14(11-15)24-4/h5-11H,12H2,1-4H3,(H,21,22,23). The molecule has 1 heterocycles. The van der Waals surface area contributed by atoms with Gasteiger partial charge in [0.15, 0.2) is 11.7 Å². The number of carbonyl (C=O) groups is 1. The normalized spacial score (nSPS) is 11.4. The molecule has 0 saturated carbocycles. The Balaban J connectivity index is 1.65. The van der Waals surface area contributed by atoms with Crippen molar-refractivity contribution < 1.29 is 14.3 Å². The van der Waals surface area contributed by atoms with Crippen LogP contribution in [0.3, 0.4) is 0 Å². The number of anilines is 1. The zero-order valence-corrected chi connectivity index (χ0v) is 16.1. The number of amides is 1. The van der Waals surface area contributed by atoms with Crippen molar-refractivity contribution in [2.75, 3.05) is 19.0 Å². The molecule has 0 aliphatic heterocycles. The highest BCUT2D eigenvalue weighted by Gasteiger charge is 2.15. The van der Waals surface area contributed by atoms with Gasteiger partial charge in [-0.2, -0.15) is 0 Å². The predicted molar refractivity (Wildman–Crippen MR) is 105 cm³/mol. The van der Waals surface area contributed by atoms with Gasteiger partial charge in [0.1, 0.15) is 11.5 Å². The van der Waals surface area contributed by atoms with Crippen molar-refractivity contribution in [3.05, 3.63) is 48.0 Å². The lowest BCUT2D eigenvalue weighted by molar-refractivity contribution is -0.118. The van der Waals surface area contributed by atoms with Crippen LogP contribution in [0.1, 0.15) is 26.3 Å². The Kier molecular flexibility index (Phi) is 5.13. The third kappa shape index (κ3) is 4.32. The van der Waals surface area contributed by atoms with Crippen molar-refractivity contribution in [1.29, 1.82) is 0 Å². The lowest BCUT2D eigenvalue weighted by Gasteiger charge is -2.18. The van der Waals surface area contributed by atoms with Crippen LogP contribution in [0.25, 0.3) is 10.2 Å². The first-order valence-corrected chi connectivity index (χ1v) is 9.14. The highest BCUT2D eigenvalue weighted by atomic mass is 32.1. The van der Waals surface area contributed by atoms with Gasteiger partial charge in [-0.05, 0) is 35.2 Å². The molecule has 1 N–H and O–H groups in total. The molecule has 0 saturated heterocycles. The summed E-state index contributed by atoms with van der Waals surface area (Å²) in [4.78, 5) is 16.6. The number of carbonyl (C=O) groups excluding carboxylic acids is 1. The predicted octanol–water partition coefficient (Wildman–Crippen LogP) is 4.62. The molecule has 0 bridgehead atoms. The Morgan fingerprint density at radius 2 is 1.92 bits per heavy atom. The Hall–Kier alpha value is -2.60. The number of fused-ring (bicyclic) bond motifs is 1. The lowest BCUT2D eigenvalue weighted by atomic mass is 9.87. The molecule has 6 heteroatoms. The first kappa shape index (κ1) is 18.2. The van der Waals surface area contributed by atoms with Gasteiger partial charge in [0, 0.05) is 6.07 Å². The molecule has 1 amide bonds. The second-order valence-corrected chi connectivity index (χ2v) is 8.00. The molecule has 3 aromatic rings. The minimum atomic E-state index is -0.247. The van der Waals surface area contributed by atoms with E-state index in [1.165, 1.54) is 16.9 Å². The summed E-state index contributed by atoms with van der Waals surface area (Å²) >= 11 is 1.47. The Bertz CT molecular complexity index is 928. The van der Waals surface area contributed by atoms with Crippen molar-refractivity contribution >= 4 is 32.6 Å². The van der Waals surface area contributed by atoms with E-state index in [4.69, 9.17) is 9.47 Å². The van der Waals surface area contributed by atoms with E-state index in [1.807, 2.05) is 18.2 Å². The van der Waals surface area contributed by atoms with E-state index in [-0.39, 0.29) is 17.9 Å². The molecular formula is C20H22N2O3S. The largest absolute Gasteiger partial charge is 0.497 e. The fourth-order valence-electron chi connectivity index (χ4n) is 2.44. The summed E-state index contributed by atoms with van der Waals surface area (Å²) in [6, 6.07) is 13.4. The summed E-state index contributed by atoms with van der Waals surface area (Å²) in [7, 11) is 1.59. The molecule has 26 heavy (non-hydrogen) atoms. The van der Waals surface area contributed by atoms with E-state index >= 15 is 0 Å². The zero-order valence-electron chi connectivity index (χ0n) is 15.3. The number of aromatic nitrogens is 1. The third-order valence-corrected chi connectivity index (χ3v) is 4.85. The molecule has 0 spiro atoms. The molecule has 3 rings (SSSR count). The molecule has 0 fully saturated rings. The molecule has 136 valence electrons. The molecular weight excluding hydrogens is 348 g/mol. The topological polar surface area (TPSA) is 60.5 Å². The minimum absolute atomic E-state index is 0.0756. The van der Waals surface area contributed by atoms with Crippen molar-refractivity contribution in [2.45, 2.75) is 26.2 Å². The average Bonchev–Trinajstić information content (AvgIpc) is 3.00. The Morgan fingerprint density at radius 1 is 1.15 bits per heavy atom. The number of methoxy groups -OCH3 is 1. The second-order valence-electron chi connectivity index (χ2n) is 6.97. The Labute approximate surface area is 157 Å². The van der Waals surface area contributed by atoms with Crippen LogP contribution in [0.4, 0.5) is 5.13 Å². The fraction of sp³-hybridized carbons (Fsp3) is 0.300. The smallest absolute Gasteiger partial charge is 0.264 e. The summed E-state index contributed by atoms with van der Waals surface area (Å²) in [5.74, 6) is 1.02. The summed E-state index contributed by atoms with van der Waals surface area (Å²) in [6.07, 6.45) is 0. The summed E-state index contributed by atoms with van der Waals surface area (Å²) in [5.41, 5.74) is 2.20. The molecule has 0 aliphatic carbocycles. The maximum atomic E-state index is 12.1. The fourth-order valence-corrected chi connectivity index (χ4v) is 3.36. The minimum Gasteiger partial charge on any atom is -0.497 e. The van der Waals surface area contributed by atoms with Gasteiger partial charge in [0.2, 0.25) is 0 Å². The molecule has 1 aromatic heterocycles. The first-order valence-electron chi connectivity index (χ1n) is 8.33. The number of nitrogens with zero attached hydrogens (tertiary/aromatic N) is 1. The Morgan fingerprint density at radius 3 is 2.65 bits per heavy atom. The van der Waals surface area contributed by atoms with Gasteiger partial charge < -0.3 is 9.47 Å². The molecule has 0 unspecified atom stereocenters. The second kappa shape index (κ2) is 7.33. The van der Waals surface area contributed by atoms with Crippen molar-refractivity contribution in [1.82, 2.24) is 4.98 Å². The van der Waals surface area contributed by atoms with E-state index in [0.717, 1.165) is 10.2 Å². The van der Waals surface area contributed by atoms with Crippen molar-refractivity contribution in [2.24, 2.45) is 0 Å². The van der Waals surface area contributed by atoms with Gasteiger partial charge >= 0.3 is 0 Å². The van der Waals surface area contributed by atoms with Gasteiger partial charge in [-0.25, -0.2) is 4.98 Å². The van der Waals surface area contributed by atoms with Crippen LogP contribution in [0.2, 0.25) is 0 Å². The quantitative estimate of drug-likeness (QED) is 0.712. The van der Waals surface area contributed by atoms with E-state index in [1.54, 1.807) is 19.2 Å². The maximum Gasteiger partial charge on any atom is 0.264 e. The number of thiazole rings is 1. The van der Waals surface area contributed by atoms with Crippen LogP contribution < -0.4 is 14.8 Å². The van der Waals surface area contributed by atoms with Crippen LogP contribution in [0, 0.1) is 0 Å². The first-order chi connectivity index (χ1) is 12.3. The van der Waals surface area contributed by atoms with Gasteiger partial charge in [0.05, 0.1) is 17.3 Å². The SMILES string of the molecule is COc1cccc(OCC(=O)Nc2nc3ccc(C(C)(C)C)cc3s2)c1. The van der Waals surface area contributed by atoms with Crippen molar-refractivity contribution in [3.63, 3.8) is 0 Å². The van der Waals surface area contributed by atoms with Gasteiger partial charge in [0.25, 0.3) is 5.91 Å². The highest BCUT2D eigenvalue weighted by molar-refractivity contribution is 7.22. The maximum absolute atomic E-state index is 12.1. The number of ether oxygens (including phenoxy) is 2. The van der Waals surface area contributed by atoms with Gasteiger partial charge in [-0.3, -0.25) is 10.1 Å². The number of hydrogen-bond acceptors (Lipinski definition) is 5. The number of rotatable bonds is 5. The molecule has 0 radical (unpaired) electrons. The van der Waals surface area contributed by atoms with E-state index in [0.29, 0.717) is 16.6 Å². The van der Waals surface area contributed by atoms with Crippen LogP contribution in [-0.4, -0.2) is 24.6 Å². The van der Waals surface area contributed by atoms with E-state index < -0.39 is 0 Å². The van der Waals surface area contributed by atoms with E-state index in [9.17, 15) is 4.79 Å². The molecule has 0 atom stereocenters. The molecule has 0 aliphatic rings. The van der Waals surface area contributed by atoms with Crippen LogP contribution >= 0.6 is 11.3 Å². The summed E-state index contributed by atoms with van der Waals surface area (Å²) in [5, 5.41) is 3.37. The highest BCUT2D eigenvalue weighted by Crippen LogP contribution is 2.31.